The molecule has 1 saturated carbocycles. The third-order valence-corrected chi connectivity index (χ3v) is 3.15. The first-order valence-corrected chi connectivity index (χ1v) is 3.96. The molecule has 2 nitrogen and oxygen atoms in total. The van der Waals surface area contributed by atoms with Gasteiger partial charge in [0, 0.05) is 0 Å². The van der Waals surface area contributed by atoms with E-state index in [1.54, 1.807) is 0 Å². The highest BCUT2D eigenvalue weighted by Gasteiger charge is 2.66. The van der Waals surface area contributed by atoms with Crippen LogP contribution in [0.2, 0.25) is 0 Å². The average Bonchev–Trinajstić information content (AvgIpc) is 2.51. The Morgan fingerprint density at radius 2 is 2.45 bits per heavy atom. The number of carbonyl (C=O) groups is 1. The van der Waals surface area contributed by atoms with Crippen molar-refractivity contribution in [1.29, 1.82) is 0 Å². The zero-order valence-electron chi connectivity index (χ0n) is 6.83. The second kappa shape index (κ2) is 1.87. The Bertz CT molecular complexity index is 232. The maximum atomic E-state index is 11.3. The first-order valence-electron chi connectivity index (χ1n) is 3.96. The molecule has 60 valence electrons. The zero-order chi connectivity index (χ0) is 8.06. The Morgan fingerprint density at radius 1 is 1.73 bits per heavy atom. The Hall–Kier alpha value is -0.790. The summed E-state index contributed by atoms with van der Waals surface area (Å²) in [6, 6.07) is 0. The Morgan fingerprint density at radius 3 is 2.91 bits per heavy atom. The highest BCUT2D eigenvalue weighted by Crippen LogP contribution is 2.64. The summed E-state index contributed by atoms with van der Waals surface area (Å²) in [7, 11) is 1.46. The van der Waals surface area contributed by atoms with Crippen molar-refractivity contribution in [2.75, 3.05) is 7.11 Å². The SMILES string of the molecule is COC(=O)[C@@]1(C)[C@@H]2CC=C[C@@H]21. The van der Waals surface area contributed by atoms with E-state index in [0.29, 0.717) is 11.8 Å². The fourth-order valence-electron chi connectivity index (χ4n) is 2.24. The lowest BCUT2D eigenvalue weighted by Crippen LogP contribution is -2.18. The molecule has 0 unspecified atom stereocenters. The third-order valence-electron chi connectivity index (χ3n) is 3.15. The highest BCUT2D eigenvalue weighted by atomic mass is 16.5. The maximum absolute atomic E-state index is 11.3. The molecule has 2 heteroatoms. The standard InChI is InChI=1S/C9H12O2/c1-9(8(10)11-2)6-4-3-5-7(6)9/h3-4,6-7H,5H2,1-2H3/t6-,7+,9+/m0/s1. The maximum Gasteiger partial charge on any atom is 0.312 e. The molecule has 0 bridgehead atoms. The first kappa shape index (κ1) is 6.89. The molecule has 0 spiro atoms. The van der Waals surface area contributed by atoms with Crippen molar-refractivity contribution >= 4 is 5.97 Å². The van der Waals surface area contributed by atoms with Gasteiger partial charge in [0.1, 0.15) is 0 Å². The molecule has 1 fully saturated rings. The molecule has 0 amide bonds. The van der Waals surface area contributed by atoms with Gasteiger partial charge in [-0.1, -0.05) is 12.2 Å². The van der Waals surface area contributed by atoms with E-state index in [1.165, 1.54) is 7.11 Å². The summed E-state index contributed by atoms with van der Waals surface area (Å²) in [5.74, 6) is 0.960. The van der Waals surface area contributed by atoms with Crippen molar-refractivity contribution in [3.05, 3.63) is 12.2 Å². The van der Waals surface area contributed by atoms with Gasteiger partial charge in [0.25, 0.3) is 0 Å². The van der Waals surface area contributed by atoms with Crippen LogP contribution in [0.25, 0.3) is 0 Å². The molecule has 11 heavy (non-hydrogen) atoms. The molecule has 0 aromatic rings. The third kappa shape index (κ3) is 0.647. The van der Waals surface area contributed by atoms with Crippen LogP contribution in [-0.4, -0.2) is 13.1 Å². The second-order valence-corrected chi connectivity index (χ2v) is 3.57. The van der Waals surface area contributed by atoms with Crippen LogP contribution < -0.4 is 0 Å². The van der Waals surface area contributed by atoms with Crippen molar-refractivity contribution in [1.82, 2.24) is 0 Å². The molecule has 0 heterocycles. The summed E-state index contributed by atoms with van der Waals surface area (Å²) in [4.78, 5) is 11.3. The molecule has 0 aromatic heterocycles. The van der Waals surface area contributed by atoms with E-state index in [9.17, 15) is 4.79 Å². The van der Waals surface area contributed by atoms with E-state index in [-0.39, 0.29) is 11.4 Å². The highest BCUT2D eigenvalue weighted by molar-refractivity contribution is 5.82. The van der Waals surface area contributed by atoms with Crippen LogP contribution in [0.5, 0.6) is 0 Å². The molecule has 2 aliphatic carbocycles. The Kier molecular flexibility index (Phi) is 1.17. The second-order valence-electron chi connectivity index (χ2n) is 3.57. The molecule has 0 saturated heterocycles. The molecule has 0 radical (unpaired) electrons. The quantitative estimate of drug-likeness (QED) is 0.419. The number of methoxy groups -OCH3 is 1. The molecule has 0 aliphatic heterocycles. The van der Waals surface area contributed by atoms with Gasteiger partial charge < -0.3 is 4.74 Å². The predicted molar refractivity (Wildman–Crippen MR) is 40.9 cm³/mol. The number of rotatable bonds is 1. The molecular formula is C9H12O2. The van der Waals surface area contributed by atoms with E-state index in [4.69, 9.17) is 4.74 Å². The van der Waals surface area contributed by atoms with Crippen LogP contribution in [0.1, 0.15) is 13.3 Å². The van der Waals surface area contributed by atoms with Gasteiger partial charge in [-0.05, 0) is 25.2 Å². The molecule has 2 aliphatic rings. The number of fused-ring (bicyclic) bond motifs is 1. The smallest absolute Gasteiger partial charge is 0.312 e. The average molecular weight is 152 g/mol. The summed E-state index contributed by atoms with van der Waals surface area (Å²) < 4.78 is 4.74. The molecular weight excluding hydrogens is 140 g/mol. The van der Waals surface area contributed by atoms with Crippen LogP contribution >= 0.6 is 0 Å². The van der Waals surface area contributed by atoms with Gasteiger partial charge >= 0.3 is 5.97 Å². The topological polar surface area (TPSA) is 26.3 Å². The monoisotopic (exact) mass is 152 g/mol. The fourth-order valence-corrected chi connectivity index (χ4v) is 2.24. The van der Waals surface area contributed by atoms with Crippen LogP contribution in [0, 0.1) is 17.3 Å². The lowest BCUT2D eigenvalue weighted by Gasteiger charge is -2.08. The van der Waals surface area contributed by atoms with E-state index < -0.39 is 0 Å². The minimum atomic E-state index is -0.177. The van der Waals surface area contributed by atoms with Gasteiger partial charge in [-0.15, -0.1) is 0 Å². The van der Waals surface area contributed by atoms with Gasteiger partial charge in [-0.2, -0.15) is 0 Å². The van der Waals surface area contributed by atoms with Gasteiger partial charge in [0.05, 0.1) is 12.5 Å². The number of ether oxygens (including phenoxy) is 1. The van der Waals surface area contributed by atoms with E-state index >= 15 is 0 Å². The zero-order valence-corrected chi connectivity index (χ0v) is 6.83. The predicted octanol–water partition coefficient (Wildman–Crippen LogP) is 1.37. The number of hydrogen-bond donors (Lipinski definition) is 0. The number of carbonyl (C=O) groups excluding carboxylic acids is 1. The largest absolute Gasteiger partial charge is 0.469 e. The number of allylic oxidation sites excluding steroid dienone is 2. The van der Waals surface area contributed by atoms with Crippen molar-refractivity contribution in [2.24, 2.45) is 17.3 Å². The molecule has 0 N–H and O–H groups in total. The van der Waals surface area contributed by atoms with Crippen LogP contribution in [0.15, 0.2) is 12.2 Å². The molecule has 3 atom stereocenters. The normalized spacial score (nSPS) is 45.3. The Labute approximate surface area is 66.2 Å². The summed E-state index contributed by atoms with van der Waals surface area (Å²) in [6.45, 7) is 2.00. The summed E-state index contributed by atoms with van der Waals surface area (Å²) in [5, 5.41) is 0. The van der Waals surface area contributed by atoms with Gasteiger partial charge in [0.15, 0.2) is 0 Å². The van der Waals surface area contributed by atoms with E-state index in [1.807, 2.05) is 6.92 Å². The lowest BCUT2D eigenvalue weighted by molar-refractivity contribution is -0.147. The fraction of sp³-hybridized carbons (Fsp3) is 0.667. The molecule has 0 aromatic carbocycles. The Balaban J connectivity index is 2.16. The number of esters is 1. The van der Waals surface area contributed by atoms with Gasteiger partial charge in [-0.3, -0.25) is 4.79 Å². The summed E-state index contributed by atoms with van der Waals surface area (Å²) in [5.41, 5.74) is -0.177. The van der Waals surface area contributed by atoms with Gasteiger partial charge in [-0.25, -0.2) is 0 Å². The summed E-state index contributed by atoms with van der Waals surface area (Å²) in [6.07, 6.45) is 5.35. The van der Waals surface area contributed by atoms with E-state index in [0.717, 1.165) is 6.42 Å². The van der Waals surface area contributed by atoms with Gasteiger partial charge in [0.2, 0.25) is 0 Å². The van der Waals surface area contributed by atoms with Crippen molar-refractivity contribution in [3.8, 4) is 0 Å². The van der Waals surface area contributed by atoms with Crippen LogP contribution in [0.3, 0.4) is 0 Å². The van der Waals surface area contributed by atoms with Crippen molar-refractivity contribution < 1.29 is 9.53 Å². The minimum Gasteiger partial charge on any atom is -0.469 e. The van der Waals surface area contributed by atoms with E-state index in [2.05, 4.69) is 12.2 Å². The van der Waals surface area contributed by atoms with Crippen LogP contribution in [0.4, 0.5) is 0 Å². The summed E-state index contributed by atoms with van der Waals surface area (Å²) >= 11 is 0. The first-order chi connectivity index (χ1) is 5.21. The van der Waals surface area contributed by atoms with Crippen LogP contribution in [-0.2, 0) is 9.53 Å². The lowest BCUT2D eigenvalue weighted by atomic mass is 10.0. The van der Waals surface area contributed by atoms with Crippen molar-refractivity contribution in [3.63, 3.8) is 0 Å². The molecule has 2 rings (SSSR count). The van der Waals surface area contributed by atoms with Crippen molar-refractivity contribution in [2.45, 2.75) is 13.3 Å². The minimum absolute atomic E-state index is 0.0446. The number of hydrogen-bond acceptors (Lipinski definition) is 2.